The Hall–Kier alpha value is -1.97. The summed E-state index contributed by atoms with van der Waals surface area (Å²) in [6.07, 6.45) is -0.162. The maximum Gasteiger partial charge on any atom is 0.312 e. The molecule has 1 spiro atoms. The molecule has 1 unspecified atom stereocenters. The minimum absolute atomic E-state index is 0.184. The molecule has 0 radical (unpaired) electrons. The van der Waals surface area contributed by atoms with Crippen LogP contribution in [0.4, 0.5) is 0 Å². The Bertz CT molecular complexity index is 935. The predicted molar refractivity (Wildman–Crippen MR) is 123 cm³/mol. The summed E-state index contributed by atoms with van der Waals surface area (Å²) < 4.78 is 11.7. The van der Waals surface area contributed by atoms with Gasteiger partial charge in [-0.05, 0) is 39.7 Å². The van der Waals surface area contributed by atoms with E-state index in [0.29, 0.717) is 12.0 Å². The third-order valence-electron chi connectivity index (χ3n) is 6.73. The van der Waals surface area contributed by atoms with Crippen LogP contribution in [0.15, 0.2) is 30.3 Å². The molecule has 8 nitrogen and oxygen atoms in total. The topological polar surface area (TPSA) is 105 Å². The molecule has 4 rings (SSSR count). The summed E-state index contributed by atoms with van der Waals surface area (Å²) in [5.41, 5.74) is -1.03. The molecular formula is C24H31BrN2O6. The van der Waals surface area contributed by atoms with Crippen LogP contribution in [0.1, 0.15) is 45.7 Å². The van der Waals surface area contributed by atoms with Crippen molar-refractivity contribution in [3.8, 4) is 0 Å². The molecule has 0 saturated carbocycles. The van der Waals surface area contributed by atoms with Crippen LogP contribution in [0.25, 0.3) is 0 Å². The first kappa shape index (κ1) is 24.2. The lowest BCUT2D eigenvalue weighted by molar-refractivity contribution is -0.155. The summed E-state index contributed by atoms with van der Waals surface area (Å²) in [4.78, 5) is 41.9. The number of likely N-dealkylation sites (tertiary alicyclic amines) is 1. The van der Waals surface area contributed by atoms with Gasteiger partial charge in [-0.15, -0.1) is 0 Å². The number of alkyl halides is 1. The van der Waals surface area contributed by atoms with Crippen LogP contribution in [-0.2, 0) is 23.9 Å². The van der Waals surface area contributed by atoms with Crippen molar-refractivity contribution in [1.82, 2.24) is 10.2 Å². The first-order valence-corrected chi connectivity index (χ1v) is 12.3. The van der Waals surface area contributed by atoms with Gasteiger partial charge in [0, 0.05) is 10.4 Å². The van der Waals surface area contributed by atoms with Crippen LogP contribution in [0, 0.1) is 11.8 Å². The molecule has 3 aliphatic rings. The van der Waals surface area contributed by atoms with E-state index in [1.54, 1.807) is 6.92 Å². The number of hydrogen-bond donors (Lipinski definition) is 2. The highest BCUT2D eigenvalue weighted by atomic mass is 79.9. The lowest BCUT2D eigenvalue weighted by Gasteiger charge is -2.38. The van der Waals surface area contributed by atoms with Gasteiger partial charge >= 0.3 is 5.97 Å². The molecular weight excluding hydrogens is 492 g/mol. The molecule has 0 aromatic heterocycles. The smallest absolute Gasteiger partial charge is 0.312 e. The predicted octanol–water partition coefficient (Wildman–Crippen LogP) is 1.95. The molecule has 180 valence electrons. The standard InChI is InChI=1S/C24H31BrN2O6/c1-5-32-22(31)16-17-21(30)27(15(12-28)13-9-7-6-8-10-13)19(20(29)26-23(2,3)4)24(17)11-14(25)18(16)33-24/h6-10,14-19,28H,5,11-12H2,1-4H3,(H,26,29)/t14?,15-,16+,17-,18+,19+,24-/m1/s1. The van der Waals surface area contributed by atoms with Gasteiger partial charge in [-0.3, -0.25) is 14.4 Å². The molecule has 33 heavy (non-hydrogen) atoms. The normalized spacial score (nSPS) is 33.7. The number of halogens is 1. The van der Waals surface area contributed by atoms with Gasteiger partial charge in [0.1, 0.15) is 11.6 Å². The number of nitrogens with zero attached hydrogens (tertiary/aromatic N) is 1. The third-order valence-corrected chi connectivity index (χ3v) is 7.57. The Morgan fingerprint density at radius 1 is 1.33 bits per heavy atom. The molecule has 0 aliphatic carbocycles. The second kappa shape index (κ2) is 8.67. The van der Waals surface area contributed by atoms with Crippen molar-refractivity contribution in [1.29, 1.82) is 0 Å². The largest absolute Gasteiger partial charge is 0.466 e. The van der Waals surface area contributed by atoms with Crippen molar-refractivity contribution >= 4 is 33.7 Å². The van der Waals surface area contributed by atoms with Crippen LogP contribution < -0.4 is 5.32 Å². The molecule has 9 heteroatoms. The van der Waals surface area contributed by atoms with E-state index in [2.05, 4.69) is 21.2 Å². The summed E-state index contributed by atoms with van der Waals surface area (Å²) >= 11 is 3.62. The van der Waals surface area contributed by atoms with E-state index in [4.69, 9.17) is 9.47 Å². The van der Waals surface area contributed by atoms with Crippen molar-refractivity contribution in [2.24, 2.45) is 11.8 Å². The summed E-state index contributed by atoms with van der Waals surface area (Å²) in [6, 6.07) is 7.35. The van der Waals surface area contributed by atoms with Gasteiger partial charge in [-0.1, -0.05) is 46.3 Å². The molecule has 3 fully saturated rings. The Kier molecular flexibility index (Phi) is 6.35. The molecule has 1 aromatic carbocycles. The highest BCUT2D eigenvalue weighted by Gasteiger charge is 2.77. The Morgan fingerprint density at radius 3 is 2.58 bits per heavy atom. The first-order chi connectivity index (χ1) is 15.6. The lowest BCUT2D eigenvalue weighted by Crippen LogP contribution is -2.59. The number of nitrogens with one attached hydrogen (secondary N) is 1. The summed E-state index contributed by atoms with van der Waals surface area (Å²) in [6.45, 7) is 7.12. The van der Waals surface area contributed by atoms with E-state index in [9.17, 15) is 19.5 Å². The minimum Gasteiger partial charge on any atom is -0.466 e. The van der Waals surface area contributed by atoms with Gasteiger partial charge < -0.3 is 24.8 Å². The maximum absolute atomic E-state index is 14.0. The number of esters is 1. The summed E-state index contributed by atoms with van der Waals surface area (Å²) in [5.74, 6) is -2.90. The Balaban J connectivity index is 1.83. The molecule has 2 amide bonds. The van der Waals surface area contributed by atoms with E-state index in [1.165, 1.54) is 4.90 Å². The third kappa shape index (κ3) is 3.88. The van der Waals surface area contributed by atoms with E-state index >= 15 is 0 Å². The van der Waals surface area contributed by atoms with Crippen molar-refractivity contribution in [3.63, 3.8) is 0 Å². The number of amides is 2. The molecule has 2 bridgehead atoms. The zero-order valence-electron chi connectivity index (χ0n) is 19.3. The SMILES string of the molecule is CCOC(=O)[C@@H]1[C@H]2O[C@@]3(CC2Br)[C@H](C(=O)NC(C)(C)C)N([C@H](CO)c2ccccc2)C(=O)[C@@H]13. The van der Waals surface area contributed by atoms with E-state index < -0.39 is 47.1 Å². The molecule has 3 heterocycles. The quantitative estimate of drug-likeness (QED) is 0.437. The highest BCUT2D eigenvalue weighted by Crippen LogP contribution is 2.61. The number of aliphatic hydroxyl groups excluding tert-OH is 1. The highest BCUT2D eigenvalue weighted by molar-refractivity contribution is 9.09. The number of carbonyl (C=O) groups is 3. The number of carbonyl (C=O) groups excluding carboxylic acids is 3. The number of benzene rings is 1. The number of hydrogen-bond acceptors (Lipinski definition) is 6. The van der Waals surface area contributed by atoms with Crippen molar-refractivity contribution in [2.75, 3.05) is 13.2 Å². The Morgan fingerprint density at radius 2 is 2.00 bits per heavy atom. The number of fused-ring (bicyclic) bond motifs is 1. The van der Waals surface area contributed by atoms with Crippen molar-refractivity contribution < 1.29 is 29.0 Å². The van der Waals surface area contributed by atoms with Gasteiger partial charge in [-0.25, -0.2) is 0 Å². The second-order valence-corrected chi connectivity index (χ2v) is 11.2. The van der Waals surface area contributed by atoms with Gasteiger partial charge in [0.15, 0.2) is 0 Å². The van der Waals surface area contributed by atoms with Crippen LogP contribution in [0.5, 0.6) is 0 Å². The van der Waals surface area contributed by atoms with E-state index in [0.717, 1.165) is 0 Å². The number of ether oxygens (including phenoxy) is 2. The van der Waals surface area contributed by atoms with Crippen LogP contribution in [0.2, 0.25) is 0 Å². The van der Waals surface area contributed by atoms with E-state index in [-0.39, 0.29) is 29.9 Å². The number of aliphatic hydroxyl groups is 1. The van der Waals surface area contributed by atoms with Crippen LogP contribution >= 0.6 is 15.9 Å². The second-order valence-electron chi connectivity index (χ2n) is 10.0. The summed E-state index contributed by atoms with van der Waals surface area (Å²) in [5, 5.41) is 13.4. The fraction of sp³-hybridized carbons (Fsp3) is 0.625. The molecule has 3 saturated heterocycles. The maximum atomic E-state index is 14.0. The average Bonchev–Trinajstić information content (AvgIpc) is 3.32. The first-order valence-electron chi connectivity index (χ1n) is 11.3. The molecule has 3 aliphatic heterocycles. The van der Waals surface area contributed by atoms with Crippen LogP contribution in [0.3, 0.4) is 0 Å². The van der Waals surface area contributed by atoms with Crippen molar-refractivity contribution in [2.45, 2.75) is 68.3 Å². The lowest BCUT2D eigenvalue weighted by atomic mass is 9.70. The van der Waals surface area contributed by atoms with E-state index in [1.807, 2.05) is 51.1 Å². The Labute approximate surface area is 202 Å². The summed E-state index contributed by atoms with van der Waals surface area (Å²) in [7, 11) is 0. The van der Waals surface area contributed by atoms with Gasteiger partial charge in [-0.2, -0.15) is 0 Å². The van der Waals surface area contributed by atoms with Gasteiger partial charge in [0.05, 0.1) is 37.2 Å². The van der Waals surface area contributed by atoms with Crippen molar-refractivity contribution in [3.05, 3.63) is 35.9 Å². The average molecular weight is 523 g/mol. The minimum atomic E-state index is -1.19. The molecule has 7 atom stereocenters. The molecule has 2 N–H and O–H groups in total. The zero-order chi connectivity index (χ0) is 24.1. The fourth-order valence-electron chi connectivity index (χ4n) is 5.68. The monoisotopic (exact) mass is 522 g/mol. The van der Waals surface area contributed by atoms with Crippen LogP contribution in [-0.4, -0.2) is 69.1 Å². The molecule has 1 aromatic rings. The number of rotatable bonds is 6. The zero-order valence-corrected chi connectivity index (χ0v) is 20.9. The fourth-order valence-corrected chi connectivity index (χ4v) is 6.62. The van der Waals surface area contributed by atoms with Gasteiger partial charge in [0.2, 0.25) is 11.8 Å². The van der Waals surface area contributed by atoms with Gasteiger partial charge in [0.25, 0.3) is 0 Å².